The molecule has 0 aliphatic carbocycles. The summed E-state index contributed by atoms with van der Waals surface area (Å²) in [5.74, 6) is 1.46. The molecule has 5 rings (SSSR count). The summed E-state index contributed by atoms with van der Waals surface area (Å²) in [4.78, 5) is 34.2. The SMILES string of the molecule is Cc1nc(Nc2ncc(C)s2)cc(C2CCCN2C(=O)Cn2cnc3ccccc32)n1. The number of hydrogen-bond donors (Lipinski definition) is 1. The van der Waals surface area contributed by atoms with Gasteiger partial charge in [0.15, 0.2) is 5.13 Å². The third-order valence-electron chi connectivity index (χ3n) is 5.46. The normalized spacial score (nSPS) is 16.2. The van der Waals surface area contributed by atoms with Crippen LogP contribution in [0.15, 0.2) is 42.9 Å². The summed E-state index contributed by atoms with van der Waals surface area (Å²) >= 11 is 1.58. The number of benzene rings is 1. The number of nitrogens with zero attached hydrogens (tertiary/aromatic N) is 6. The van der Waals surface area contributed by atoms with Gasteiger partial charge in [-0.2, -0.15) is 0 Å². The van der Waals surface area contributed by atoms with Crippen LogP contribution in [0.25, 0.3) is 11.0 Å². The number of carbonyl (C=O) groups excluding carboxylic acids is 1. The molecule has 0 radical (unpaired) electrons. The van der Waals surface area contributed by atoms with Crippen molar-refractivity contribution in [2.24, 2.45) is 0 Å². The van der Waals surface area contributed by atoms with Crippen molar-refractivity contribution >= 4 is 39.2 Å². The molecular formula is C22H23N7OS. The number of anilines is 2. The van der Waals surface area contributed by atoms with Gasteiger partial charge in [0.1, 0.15) is 18.2 Å². The summed E-state index contributed by atoms with van der Waals surface area (Å²) in [6, 6.07) is 9.75. The predicted octanol–water partition coefficient (Wildman–Crippen LogP) is 4.01. The molecule has 3 aromatic heterocycles. The number of nitrogens with one attached hydrogen (secondary N) is 1. The average Bonchev–Trinajstić information content (AvgIpc) is 3.48. The summed E-state index contributed by atoms with van der Waals surface area (Å²) in [5, 5.41) is 4.07. The monoisotopic (exact) mass is 433 g/mol. The van der Waals surface area contributed by atoms with E-state index in [0.717, 1.165) is 46.1 Å². The van der Waals surface area contributed by atoms with E-state index >= 15 is 0 Å². The van der Waals surface area contributed by atoms with E-state index in [4.69, 9.17) is 0 Å². The highest BCUT2D eigenvalue weighted by Gasteiger charge is 2.31. The second kappa shape index (κ2) is 8.07. The van der Waals surface area contributed by atoms with Gasteiger partial charge in [-0.15, -0.1) is 11.3 Å². The Morgan fingerprint density at radius 1 is 1.23 bits per heavy atom. The zero-order valence-electron chi connectivity index (χ0n) is 17.4. The van der Waals surface area contributed by atoms with Gasteiger partial charge in [-0.05, 0) is 38.8 Å². The van der Waals surface area contributed by atoms with Crippen molar-refractivity contribution in [3.8, 4) is 0 Å². The quantitative estimate of drug-likeness (QED) is 0.512. The Labute approximate surface area is 184 Å². The van der Waals surface area contributed by atoms with Crippen molar-refractivity contribution in [2.75, 3.05) is 11.9 Å². The molecule has 1 amide bonds. The lowest BCUT2D eigenvalue weighted by Gasteiger charge is -2.25. The number of likely N-dealkylation sites (tertiary alicyclic amines) is 1. The highest BCUT2D eigenvalue weighted by molar-refractivity contribution is 7.15. The maximum atomic E-state index is 13.2. The molecule has 1 aliphatic rings. The van der Waals surface area contributed by atoms with Crippen LogP contribution in [0.5, 0.6) is 0 Å². The first kappa shape index (κ1) is 19.6. The number of rotatable bonds is 5. The molecule has 158 valence electrons. The highest BCUT2D eigenvalue weighted by Crippen LogP contribution is 2.33. The summed E-state index contributed by atoms with van der Waals surface area (Å²) < 4.78 is 1.91. The van der Waals surface area contributed by atoms with Gasteiger partial charge in [0.2, 0.25) is 5.91 Å². The molecule has 0 saturated carbocycles. The first-order valence-electron chi connectivity index (χ1n) is 10.3. The average molecular weight is 434 g/mol. The Hall–Kier alpha value is -3.33. The predicted molar refractivity (Wildman–Crippen MR) is 120 cm³/mol. The van der Waals surface area contributed by atoms with E-state index in [0.29, 0.717) is 11.6 Å². The van der Waals surface area contributed by atoms with E-state index in [1.54, 1.807) is 17.7 Å². The minimum Gasteiger partial charge on any atom is -0.333 e. The molecule has 1 unspecified atom stereocenters. The lowest BCUT2D eigenvalue weighted by molar-refractivity contribution is -0.132. The van der Waals surface area contributed by atoms with E-state index in [1.165, 1.54) is 0 Å². The first-order valence-corrected chi connectivity index (χ1v) is 11.1. The minimum atomic E-state index is -0.0532. The zero-order valence-corrected chi connectivity index (χ0v) is 18.3. The van der Waals surface area contributed by atoms with Crippen LogP contribution < -0.4 is 5.32 Å². The Morgan fingerprint density at radius 2 is 2.10 bits per heavy atom. The van der Waals surface area contributed by atoms with Gasteiger partial charge in [-0.1, -0.05) is 12.1 Å². The number of fused-ring (bicyclic) bond motifs is 1. The molecule has 1 N–H and O–H groups in total. The smallest absolute Gasteiger partial charge is 0.243 e. The number of carbonyl (C=O) groups is 1. The molecule has 31 heavy (non-hydrogen) atoms. The van der Waals surface area contributed by atoms with Gasteiger partial charge in [-0.25, -0.2) is 19.9 Å². The van der Waals surface area contributed by atoms with Gasteiger partial charge < -0.3 is 14.8 Å². The van der Waals surface area contributed by atoms with E-state index in [-0.39, 0.29) is 18.5 Å². The Morgan fingerprint density at radius 3 is 2.94 bits per heavy atom. The Kier molecular flexibility index (Phi) is 5.11. The van der Waals surface area contributed by atoms with E-state index in [9.17, 15) is 4.79 Å². The Balaban J connectivity index is 1.37. The van der Waals surface area contributed by atoms with Crippen LogP contribution in [0.4, 0.5) is 10.9 Å². The standard InChI is InChI=1S/C22H23N7OS/c1-14-11-23-22(31-14)27-20-10-17(25-15(2)26-20)19-8-5-9-29(19)21(30)12-28-13-24-16-6-3-4-7-18(16)28/h3-4,6-7,10-11,13,19H,5,8-9,12H2,1-2H3,(H,23,25,26,27). The lowest BCUT2D eigenvalue weighted by atomic mass is 10.1. The fourth-order valence-electron chi connectivity index (χ4n) is 4.09. The van der Waals surface area contributed by atoms with Crippen molar-refractivity contribution in [3.05, 3.63) is 59.3 Å². The largest absolute Gasteiger partial charge is 0.333 e. The number of para-hydroxylation sites is 2. The fraction of sp³-hybridized carbons (Fsp3) is 0.318. The number of amides is 1. The van der Waals surface area contributed by atoms with Crippen LogP contribution in [0, 0.1) is 13.8 Å². The van der Waals surface area contributed by atoms with Crippen molar-refractivity contribution in [2.45, 2.75) is 39.3 Å². The molecule has 4 aromatic rings. The van der Waals surface area contributed by atoms with Crippen LogP contribution in [-0.4, -0.2) is 41.9 Å². The third kappa shape index (κ3) is 4.00. The fourth-order valence-corrected chi connectivity index (χ4v) is 4.76. The second-order valence-electron chi connectivity index (χ2n) is 7.73. The van der Waals surface area contributed by atoms with Gasteiger partial charge >= 0.3 is 0 Å². The number of aryl methyl sites for hydroxylation is 2. The summed E-state index contributed by atoms with van der Waals surface area (Å²) in [5.41, 5.74) is 2.73. The maximum Gasteiger partial charge on any atom is 0.243 e. The molecule has 4 heterocycles. The topological polar surface area (TPSA) is 88.8 Å². The summed E-state index contributed by atoms with van der Waals surface area (Å²) in [6.07, 6.45) is 5.42. The van der Waals surface area contributed by atoms with E-state index in [1.807, 2.05) is 59.8 Å². The molecular weight excluding hydrogens is 410 g/mol. The molecule has 1 atom stereocenters. The molecule has 1 saturated heterocycles. The minimum absolute atomic E-state index is 0.0532. The summed E-state index contributed by atoms with van der Waals surface area (Å²) in [6.45, 7) is 4.89. The van der Waals surface area contributed by atoms with Crippen molar-refractivity contribution in [1.29, 1.82) is 0 Å². The molecule has 1 aromatic carbocycles. The van der Waals surface area contributed by atoms with Crippen LogP contribution >= 0.6 is 11.3 Å². The van der Waals surface area contributed by atoms with Crippen LogP contribution in [0.2, 0.25) is 0 Å². The van der Waals surface area contributed by atoms with Crippen LogP contribution in [0.3, 0.4) is 0 Å². The van der Waals surface area contributed by atoms with Crippen molar-refractivity contribution < 1.29 is 4.79 Å². The number of imidazole rings is 1. The molecule has 1 aliphatic heterocycles. The van der Waals surface area contributed by atoms with Gasteiger partial charge in [0.25, 0.3) is 0 Å². The molecule has 1 fully saturated rings. The van der Waals surface area contributed by atoms with E-state index in [2.05, 4.69) is 25.3 Å². The van der Waals surface area contributed by atoms with Crippen molar-refractivity contribution in [3.63, 3.8) is 0 Å². The first-order chi connectivity index (χ1) is 15.1. The third-order valence-corrected chi connectivity index (χ3v) is 6.29. The molecule has 8 nitrogen and oxygen atoms in total. The van der Waals surface area contributed by atoms with Gasteiger partial charge in [0.05, 0.1) is 29.1 Å². The lowest BCUT2D eigenvalue weighted by Crippen LogP contribution is -2.33. The molecule has 9 heteroatoms. The number of aromatic nitrogens is 5. The van der Waals surface area contributed by atoms with Gasteiger partial charge in [0, 0.05) is 23.7 Å². The zero-order chi connectivity index (χ0) is 21.4. The number of thiazole rings is 1. The Bertz CT molecular complexity index is 1250. The van der Waals surface area contributed by atoms with Gasteiger partial charge in [-0.3, -0.25) is 4.79 Å². The molecule has 0 spiro atoms. The van der Waals surface area contributed by atoms with E-state index < -0.39 is 0 Å². The van der Waals surface area contributed by atoms with Crippen LogP contribution in [-0.2, 0) is 11.3 Å². The summed E-state index contributed by atoms with van der Waals surface area (Å²) in [7, 11) is 0. The van der Waals surface area contributed by atoms with Crippen LogP contribution in [0.1, 0.15) is 35.3 Å². The maximum absolute atomic E-state index is 13.2. The number of hydrogen-bond acceptors (Lipinski definition) is 7. The van der Waals surface area contributed by atoms with Crippen molar-refractivity contribution in [1.82, 2.24) is 29.4 Å². The molecule has 0 bridgehead atoms. The highest BCUT2D eigenvalue weighted by atomic mass is 32.1. The second-order valence-corrected chi connectivity index (χ2v) is 8.97.